The fourth-order valence-corrected chi connectivity index (χ4v) is 23.7. The van der Waals surface area contributed by atoms with Crippen LogP contribution in [0, 0.1) is 106 Å². The number of carbonyl (C=O) groups is 5. The van der Waals surface area contributed by atoms with Crippen LogP contribution in [0.5, 0.6) is 0 Å². The van der Waals surface area contributed by atoms with Crippen LogP contribution in [0.3, 0.4) is 0 Å². The monoisotopic (exact) mass is 1970 g/mol. The molecule has 5 aliphatic carbocycles. The lowest BCUT2D eigenvalue weighted by atomic mass is 9.76. The molecule has 140 heavy (non-hydrogen) atoms. The third-order valence-corrected chi connectivity index (χ3v) is 33.7. The second-order valence-corrected chi connectivity index (χ2v) is 51.1. The van der Waals surface area contributed by atoms with Crippen molar-refractivity contribution in [3.8, 4) is 0 Å². The van der Waals surface area contributed by atoms with Gasteiger partial charge in [0.05, 0.1) is 124 Å². The van der Waals surface area contributed by atoms with E-state index in [4.69, 9.17) is 47.4 Å². The molecular weight excluding hydrogens is 1740 g/mol. The van der Waals surface area contributed by atoms with Crippen LogP contribution in [0.2, 0.25) is 0 Å². The standard InChI is InChI=1S/C27H50O3.3C25H46O3.C23H42O3/c1-21(2)13-9-6-5-7-11-15-24(16-12-8-10-14-22(3)4)27(28)29-20-23-17-18-25-26(19-23)30-25;1-17(14-24(3,4)5)9-11-20(18(2)15-25(6,7)8)23(26)27-16-19-10-12-21-22(13-19)28-21;1-5-19(3)11-8-7-9-13-22(14-10-12-20(4)6-2)25(26)27-18-21-15-16-23-24(17-21)28-23;1-3-5-7-9-10-12-14-16-22(15-13-11-8-6-4-2)25(26)27-20-21-17-18-23-24(19-21)28-23;1-3-5-7-9-10-12-14-20(13-11-8-6-4-2)23(24)25-18-19-15-16-21-22(17-19)26-21/h21-26H,5-20H2,1-4H3;17-22H,9-16H2,1-8H3;19-24H,5-18H2,1-4H3;21-24H,3-20H2,1-2H3;19-22H,3-18H2,1-2H3. The molecule has 5 heterocycles. The first-order valence-corrected chi connectivity index (χ1v) is 61.4. The maximum atomic E-state index is 13.0. The molecule has 10 rings (SSSR count). The van der Waals surface area contributed by atoms with E-state index in [0.717, 1.165) is 197 Å². The molecule has 10 aliphatic rings. The van der Waals surface area contributed by atoms with Crippen molar-refractivity contribution in [1.29, 1.82) is 0 Å². The lowest BCUT2D eigenvalue weighted by Crippen LogP contribution is -2.30. The average Bonchev–Trinajstić information content (AvgIpc) is 1.68. The van der Waals surface area contributed by atoms with E-state index in [9.17, 15) is 24.0 Å². The Morgan fingerprint density at radius 1 is 0.236 bits per heavy atom. The van der Waals surface area contributed by atoms with Crippen molar-refractivity contribution in [2.24, 2.45) is 106 Å². The van der Waals surface area contributed by atoms with Gasteiger partial charge in [0.1, 0.15) is 0 Å². The van der Waals surface area contributed by atoms with Crippen molar-refractivity contribution >= 4 is 29.8 Å². The van der Waals surface area contributed by atoms with Crippen LogP contribution in [-0.2, 0) is 71.3 Å². The molecule has 15 heteroatoms. The molecule has 0 bridgehead atoms. The van der Waals surface area contributed by atoms with Gasteiger partial charge in [0.2, 0.25) is 0 Å². The first-order valence-electron chi connectivity index (χ1n) is 61.4. The lowest BCUT2D eigenvalue weighted by molar-refractivity contribution is -0.153. The molecule has 0 aromatic heterocycles. The van der Waals surface area contributed by atoms with Gasteiger partial charge in [-0.2, -0.15) is 0 Å². The molecule has 5 saturated carbocycles. The zero-order chi connectivity index (χ0) is 102. The van der Waals surface area contributed by atoms with Crippen LogP contribution in [0.1, 0.15) is 569 Å². The first-order chi connectivity index (χ1) is 67.3. The van der Waals surface area contributed by atoms with Crippen LogP contribution < -0.4 is 0 Å². The van der Waals surface area contributed by atoms with Crippen molar-refractivity contribution < 1.29 is 71.3 Å². The molecule has 0 amide bonds. The quantitative estimate of drug-likeness (QED) is 0.0241. The summed E-state index contributed by atoms with van der Waals surface area (Å²) in [5.41, 5.74) is 0.576. The second-order valence-electron chi connectivity index (χ2n) is 51.1. The summed E-state index contributed by atoms with van der Waals surface area (Å²) in [6.07, 6.45) is 85.3. The highest BCUT2D eigenvalue weighted by molar-refractivity contribution is 5.74. The number of hydrogen-bond donors (Lipinski definition) is 0. The van der Waals surface area contributed by atoms with Crippen LogP contribution in [0.15, 0.2) is 0 Å². The number of rotatable bonds is 73. The predicted octanol–water partition coefficient (Wildman–Crippen LogP) is 34.9. The predicted molar refractivity (Wildman–Crippen MR) is 582 cm³/mol. The van der Waals surface area contributed by atoms with Gasteiger partial charge in [0.15, 0.2) is 0 Å². The number of carbonyl (C=O) groups excluding carboxylic acids is 5. The zero-order valence-corrected chi connectivity index (χ0v) is 95.5. The Morgan fingerprint density at radius 3 is 0.707 bits per heavy atom. The smallest absolute Gasteiger partial charge is 0.309 e. The van der Waals surface area contributed by atoms with Crippen LogP contribution in [-0.4, -0.2) is 124 Å². The Morgan fingerprint density at radius 2 is 0.457 bits per heavy atom. The van der Waals surface area contributed by atoms with E-state index in [-0.39, 0.29) is 64.9 Å². The molecule has 0 spiro atoms. The number of fused-ring (bicyclic) bond motifs is 5. The SMILES string of the molecule is CC(C)CCCCCCCC(CCCCCC(C)C)C(=O)OCC1CCC2OC2C1.CC(CCC(C(=O)OCC1CCC2OC2C1)C(C)CC(C)(C)C)CC(C)(C)C.CCC(C)CCCCCC(CCCC(C)CC)C(=O)OCC1CCC2OC2C1.CCCCCCCCC(CCCCCC)C(=O)OCC1CCC2OC2C1.CCCCCCCCCC(CCCCCCC)C(=O)OCC1CCC2OC2C1. The van der Waals surface area contributed by atoms with Crippen LogP contribution in [0.4, 0.5) is 0 Å². The minimum absolute atomic E-state index is 0.0233. The van der Waals surface area contributed by atoms with Gasteiger partial charge in [-0.15, -0.1) is 0 Å². The van der Waals surface area contributed by atoms with Gasteiger partial charge in [-0.1, -0.05) is 395 Å². The molecular formula is C125H230O15. The fraction of sp³-hybridized carbons (Fsp3) is 0.960. The summed E-state index contributed by atoms with van der Waals surface area (Å²) in [5.74, 6) is 7.65. The third kappa shape index (κ3) is 59.5. The summed E-state index contributed by atoms with van der Waals surface area (Å²) >= 11 is 0. The van der Waals surface area contributed by atoms with Gasteiger partial charge >= 0.3 is 29.8 Å². The van der Waals surface area contributed by atoms with Gasteiger partial charge < -0.3 is 47.4 Å². The van der Waals surface area contributed by atoms with E-state index in [1.807, 2.05) is 0 Å². The highest BCUT2D eigenvalue weighted by atomic mass is 16.6. The highest BCUT2D eigenvalue weighted by Crippen LogP contribution is 2.46. The summed E-state index contributed by atoms with van der Waals surface area (Å²) in [4.78, 5) is 64.1. The van der Waals surface area contributed by atoms with Crippen molar-refractivity contribution in [2.75, 3.05) is 33.0 Å². The van der Waals surface area contributed by atoms with Crippen molar-refractivity contribution in [1.82, 2.24) is 0 Å². The van der Waals surface area contributed by atoms with Gasteiger partial charge in [-0.25, -0.2) is 0 Å². The summed E-state index contributed by atoms with van der Waals surface area (Å²) in [7, 11) is 0. The number of esters is 5. The first kappa shape index (κ1) is 126. The lowest BCUT2D eigenvalue weighted by Gasteiger charge is -2.30. The average molecular weight is 1970 g/mol. The maximum absolute atomic E-state index is 13.0. The van der Waals surface area contributed by atoms with Crippen LogP contribution in [0.25, 0.3) is 0 Å². The Labute approximate surface area is 864 Å². The van der Waals surface area contributed by atoms with E-state index in [1.165, 1.54) is 257 Å². The Kier molecular flexibility index (Phi) is 65.9. The Bertz CT molecular complexity index is 3120. The number of epoxide rings is 5. The van der Waals surface area contributed by atoms with Gasteiger partial charge in [-0.3, -0.25) is 24.0 Å². The molecule has 15 nitrogen and oxygen atoms in total. The molecule has 24 unspecified atom stereocenters. The van der Waals surface area contributed by atoms with E-state index in [1.54, 1.807) is 0 Å². The molecule has 24 atom stereocenters. The third-order valence-electron chi connectivity index (χ3n) is 33.7. The van der Waals surface area contributed by atoms with Crippen molar-refractivity contribution in [3.05, 3.63) is 0 Å². The maximum Gasteiger partial charge on any atom is 0.309 e. The molecule has 0 aromatic rings. The summed E-state index contributed by atoms with van der Waals surface area (Å²) < 4.78 is 57.2. The molecule has 10 fully saturated rings. The van der Waals surface area contributed by atoms with Crippen molar-refractivity contribution in [2.45, 2.75) is 630 Å². The topological polar surface area (TPSA) is 194 Å². The minimum Gasteiger partial charge on any atom is -0.465 e. The van der Waals surface area contributed by atoms with E-state index in [2.05, 4.69) is 138 Å². The Hall–Kier alpha value is -2.85. The molecule has 5 saturated heterocycles. The number of hydrogen-bond acceptors (Lipinski definition) is 15. The zero-order valence-electron chi connectivity index (χ0n) is 95.5. The van der Waals surface area contributed by atoms with Crippen LogP contribution >= 0.6 is 0 Å². The number of unbranched alkanes of at least 4 members (excludes halogenated alkanes) is 26. The second kappa shape index (κ2) is 73.3. The molecule has 0 aromatic carbocycles. The molecule has 5 aliphatic heterocycles. The number of ether oxygens (including phenoxy) is 10. The largest absolute Gasteiger partial charge is 0.465 e. The van der Waals surface area contributed by atoms with Gasteiger partial charge in [-0.05, 0) is 249 Å². The molecule has 820 valence electrons. The highest BCUT2D eigenvalue weighted by Gasteiger charge is 2.49. The fourth-order valence-electron chi connectivity index (χ4n) is 23.7. The summed E-state index contributed by atoms with van der Waals surface area (Å²) in [5, 5.41) is 0. The summed E-state index contributed by atoms with van der Waals surface area (Å²) in [6.45, 7) is 48.7. The minimum atomic E-state index is 0.0233. The van der Waals surface area contributed by atoms with E-state index in [0.29, 0.717) is 141 Å². The summed E-state index contributed by atoms with van der Waals surface area (Å²) in [6, 6.07) is 0. The Balaban J connectivity index is 0.000000268. The van der Waals surface area contributed by atoms with E-state index >= 15 is 0 Å². The van der Waals surface area contributed by atoms with E-state index < -0.39 is 0 Å². The van der Waals surface area contributed by atoms with Gasteiger partial charge in [0.25, 0.3) is 0 Å². The molecule has 0 N–H and O–H groups in total. The van der Waals surface area contributed by atoms with Crippen molar-refractivity contribution in [3.63, 3.8) is 0 Å². The molecule has 0 radical (unpaired) electrons. The van der Waals surface area contributed by atoms with Gasteiger partial charge in [0, 0.05) is 0 Å². The normalized spacial score (nSPS) is 25.9.